The van der Waals surface area contributed by atoms with Gasteiger partial charge in [-0.05, 0) is 31.2 Å². The second-order valence-electron chi connectivity index (χ2n) is 5.32. The van der Waals surface area contributed by atoms with E-state index >= 15 is 0 Å². The van der Waals surface area contributed by atoms with E-state index in [-0.39, 0.29) is 11.3 Å². The number of methoxy groups -OCH3 is 1. The van der Waals surface area contributed by atoms with Gasteiger partial charge in [0.25, 0.3) is 0 Å². The molecular formula is C18H14N2O4. The molecule has 0 saturated heterocycles. The lowest BCUT2D eigenvalue weighted by Crippen LogP contribution is -1.99. The summed E-state index contributed by atoms with van der Waals surface area (Å²) in [6, 6.07) is 10.1. The highest BCUT2D eigenvalue weighted by atomic mass is 16.5. The van der Waals surface area contributed by atoms with Gasteiger partial charge in [0, 0.05) is 28.9 Å². The molecule has 0 spiro atoms. The largest absolute Gasteiger partial charge is 0.507 e. The second kappa shape index (κ2) is 5.63. The number of carboxylic acids is 1. The molecule has 3 aromatic rings. The van der Waals surface area contributed by atoms with E-state index in [2.05, 4.69) is 6.07 Å². The molecule has 0 aliphatic heterocycles. The fourth-order valence-corrected chi connectivity index (χ4v) is 2.85. The van der Waals surface area contributed by atoms with E-state index in [1.165, 1.54) is 12.1 Å². The summed E-state index contributed by atoms with van der Waals surface area (Å²) in [4.78, 5) is 11.0. The van der Waals surface area contributed by atoms with Gasteiger partial charge >= 0.3 is 5.97 Å². The van der Waals surface area contributed by atoms with E-state index < -0.39 is 5.97 Å². The Kier molecular flexibility index (Phi) is 3.62. The molecule has 0 aliphatic rings. The van der Waals surface area contributed by atoms with Crippen molar-refractivity contribution in [2.24, 2.45) is 0 Å². The topological polar surface area (TPSA) is 95.5 Å². The van der Waals surface area contributed by atoms with Crippen molar-refractivity contribution < 1.29 is 19.7 Å². The Morgan fingerprint density at radius 1 is 1.29 bits per heavy atom. The van der Waals surface area contributed by atoms with Crippen molar-refractivity contribution in [2.45, 2.75) is 6.92 Å². The van der Waals surface area contributed by atoms with Crippen molar-refractivity contribution in [3.8, 4) is 23.3 Å². The zero-order chi connectivity index (χ0) is 17.4. The number of aromatic hydroxyl groups is 1. The normalized spacial score (nSPS) is 10.5. The Labute approximate surface area is 137 Å². The third-order valence-corrected chi connectivity index (χ3v) is 4.01. The molecule has 2 N–H and O–H groups in total. The summed E-state index contributed by atoms with van der Waals surface area (Å²) in [6.07, 6.45) is 1.66. The van der Waals surface area contributed by atoms with Gasteiger partial charge in [0.15, 0.2) is 0 Å². The number of hydrogen-bond acceptors (Lipinski definition) is 4. The first kappa shape index (κ1) is 15.4. The van der Waals surface area contributed by atoms with Crippen LogP contribution in [0.3, 0.4) is 0 Å². The quantitative estimate of drug-likeness (QED) is 0.772. The van der Waals surface area contributed by atoms with E-state index in [4.69, 9.17) is 9.84 Å². The third-order valence-electron chi connectivity index (χ3n) is 4.01. The maximum absolute atomic E-state index is 11.0. The number of benzene rings is 2. The van der Waals surface area contributed by atoms with Crippen LogP contribution in [-0.4, -0.2) is 27.9 Å². The van der Waals surface area contributed by atoms with Crippen LogP contribution in [0.4, 0.5) is 0 Å². The van der Waals surface area contributed by atoms with Crippen LogP contribution in [0.1, 0.15) is 21.5 Å². The number of hydrogen-bond donors (Lipinski definition) is 2. The van der Waals surface area contributed by atoms with E-state index in [0.29, 0.717) is 17.0 Å². The first-order chi connectivity index (χ1) is 11.5. The van der Waals surface area contributed by atoms with Gasteiger partial charge in [0.1, 0.15) is 23.1 Å². The molecule has 2 aromatic carbocycles. The maximum Gasteiger partial charge on any atom is 0.339 e. The zero-order valence-corrected chi connectivity index (χ0v) is 13.1. The molecule has 1 heterocycles. The number of nitrogens with zero attached hydrogens (tertiary/aromatic N) is 2. The lowest BCUT2D eigenvalue weighted by atomic mass is 10.1. The van der Waals surface area contributed by atoms with Gasteiger partial charge in [-0.2, -0.15) is 5.26 Å². The minimum absolute atomic E-state index is 0.173. The molecule has 6 heteroatoms. The lowest BCUT2D eigenvalue weighted by molar-refractivity contribution is 0.0694. The summed E-state index contributed by atoms with van der Waals surface area (Å²) >= 11 is 0. The van der Waals surface area contributed by atoms with Crippen molar-refractivity contribution in [1.29, 1.82) is 5.26 Å². The number of ether oxygens (including phenoxy) is 1. The summed E-state index contributed by atoms with van der Waals surface area (Å²) in [5.74, 6) is -0.846. The first-order valence-electron chi connectivity index (χ1n) is 7.13. The van der Waals surface area contributed by atoms with E-state index in [0.717, 1.165) is 16.5 Å². The predicted molar refractivity (Wildman–Crippen MR) is 87.9 cm³/mol. The first-order valence-corrected chi connectivity index (χ1v) is 7.13. The molecule has 0 amide bonds. The molecular weight excluding hydrogens is 308 g/mol. The molecule has 24 heavy (non-hydrogen) atoms. The number of aryl methyl sites for hydroxylation is 1. The Balaban J connectivity index is 2.28. The SMILES string of the molecule is COc1ccc2c(c(C#N)cn2-c2ccc(C(=O)O)c(O)c2)c1C. The number of rotatable bonds is 3. The van der Waals surface area contributed by atoms with Gasteiger partial charge in [0.2, 0.25) is 0 Å². The van der Waals surface area contributed by atoms with Crippen LogP contribution in [0.5, 0.6) is 11.5 Å². The molecule has 6 nitrogen and oxygen atoms in total. The fourth-order valence-electron chi connectivity index (χ4n) is 2.85. The van der Waals surface area contributed by atoms with Crippen molar-refractivity contribution >= 4 is 16.9 Å². The summed E-state index contributed by atoms with van der Waals surface area (Å²) in [6.45, 7) is 1.87. The molecule has 0 saturated carbocycles. The molecule has 0 fully saturated rings. The smallest absolute Gasteiger partial charge is 0.339 e. The van der Waals surface area contributed by atoms with Gasteiger partial charge in [-0.3, -0.25) is 0 Å². The summed E-state index contributed by atoms with van der Waals surface area (Å²) in [5, 5.41) is 29.1. The minimum atomic E-state index is -1.20. The van der Waals surface area contributed by atoms with Crippen molar-refractivity contribution in [3.05, 3.63) is 53.2 Å². The van der Waals surface area contributed by atoms with Crippen molar-refractivity contribution in [2.75, 3.05) is 7.11 Å². The number of aromatic carboxylic acids is 1. The summed E-state index contributed by atoms with van der Waals surface area (Å²) in [7, 11) is 1.57. The lowest BCUT2D eigenvalue weighted by Gasteiger charge is -2.10. The average molecular weight is 322 g/mol. The number of nitriles is 1. The molecule has 0 unspecified atom stereocenters. The molecule has 1 aromatic heterocycles. The summed E-state index contributed by atoms with van der Waals surface area (Å²) < 4.78 is 7.05. The summed E-state index contributed by atoms with van der Waals surface area (Å²) in [5.41, 5.74) is 2.48. The zero-order valence-electron chi connectivity index (χ0n) is 13.1. The molecule has 120 valence electrons. The average Bonchev–Trinajstić information content (AvgIpc) is 2.94. The van der Waals surface area contributed by atoms with E-state index in [1.807, 2.05) is 13.0 Å². The molecule has 0 radical (unpaired) electrons. The van der Waals surface area contributed by atoms with Crippen LogP contribution in [0.15, 0.2) is 36.5 Å². The Bertz CT molecular complexity index is 1010. The minimum Gasteiger partial charge on any atom is -0.507 e. The van der Waals surface area contributed by atoms with Crippen LogP contribution in [0.25, 0.3) is 16.6 Å². The molecule has 3 rings (SSSR count). The van der Waals surface area contributed by atoms with Gasteiger partial charge in [-0.15, -0.1) is 0 Å². The predicted octanol–water partition coefficient (Wildman–Crippen LogP) is 3.22. The van der Waals surface area contributed by atoms with Crippen molar-refractivity contribution in [1.82, 2.24) is 4.57 Å². The fraction of sp³-hybridized carbons (Fsp3) is 0.111. The molecule has 0 bridgehead atoms. The van der Waals surface area contributed by atoms with Crippen LogP contribution >= 0.6 is 0 Å². The highest BCUT2D eigenvalue weighted by Crippen LogP contribution is 2.33. The maximum atomic E-state index is 11.0. The molecule has 0 atom stereocenters. The standard InChI is InChI=1S/C18H14N2O4/c1-10-16(24-2)6-5-14-17(10)11(8-19)9-20(14)12-3-4-13(18(22)23)15(21)7-12/h3-7,9,21H,1-2H3,(H,22,23). The van der Waals surface area contributed by atoms with Crippen LogP contribution in [-0.2, 0) is 0 Å². The van der Waals surface area contributed by atoms with Gasteiger partial charge in [-0.1, -0.05) is 0 Å². The van der Waals surface area contributed by atoms with E-state index in [1.54, 1.807) is 30.0 Å². The number of carbonyl (C=O) groups is 1. The number of fused-ring (bicyclic) bond motifs is 1. The highest BCUT2D eigenvalue weighted by Gasteiger charge is 2.16. The van der Waals surface area contributed by atoms with Gasteiger partial charge < -0.3 is 19.5 Å². The van der Waals surface area contributed by atoms with Crippen LogP contribution in [0, 0.1) is 18.3 Å². The number of carboxylic acid groups (broad SMARTS) is 1. The van der Waals surface area contributed by atoms with Crippen LogP contribution < -0.4 is 4.74 Å². The Morgan fingerprint density at radius 3 is 2.62 bits per heavy atom. The van der Waals surface area contributed by atoms with Crippen molar-refractivity contribution in [3.63, 3.8) is 0 Å². The number of aromatic nitrogens is 1. The number of phenols is 1. The third kappa shape index (κ3) is 2.23. The Morgan fingerprint density at radius 2 is 2.04 bits per heavy atom. The van der Waals surface area contributed by atoms with Gasteiger partial charge in [0.05, 0.1) is 18.2 Å². The van der Waals surface area contributed by atoms with E-state index in [9.17, 15) is 15.2 Å². The Hall–Kier alpha value is -3.46. The monoisotopic (exact) mass is 322 g/mol. The molecule has 0 aliphatic carbocycles. The van der Waals surface area contributed by atoms with Gasteiger partial charge in [-0.25, -0.2) is 4.79 Å². The second-order valence-corrected chi connectivity index (χ2v) is 5.32. The van der Waals surface area contributed by atoms with Crippen LogP contribution in [0.2, 0.25) is 0 Å². The highest BCUT2D eigenvalue weighted by molar-refractivity contribution is 5.93.